The first-order valence-corrected chi connectivity index (χ1v) is 10.2. The van der Waals surface area contributed by atoms with Crippen molar-refractivity contribution in [3.8, 4) is 0 Å². The van der Waals surface area contributed by atoms with Gasteiger partial charge in [-0.05, 0) is 67.1 Å². The molecule has 1 fully saturated rings. The largest absolute Gasteiger partial charge is 0.327 e. The highest BCUT2D eigenvalue weighted by Gasteiger charge is 2.34. The summed E-state index contributed by atoms with van der Waals surface area (Å²) in [5, 5.41) is 3.38. The number of benzene rings is 2. The third-order valence-corrected chi connectivity index (χ3v) is 6.03. The molecule has 1 saturated heterocycles. The Morgan fingerprint density at radius 1 is 1.14 bits per heavy atom. The van der Waals surface area contributed by atoms with Crippen molar-refractivity contribution in [3.05, 3.63) is 71.0 Å². The lowest BCUT2D eigenvalue weighted by Crippen LogP contribution is -2.48. The summed E-state index contributed by atoms with van der Waals surface area (Å²) in [6, 6.07) is 14.7. The Balaban J connectivity index is 1.60. The Kier molecular flexibility index (Phi) is 5.62. The van der Waals surface area contributed by atoms with Crippen molar-refractivity contribution in [2.24, 2.45) is 5.92 Å². The third-order valence-electron chi connectivity index (χ3n) is 6.03. The van der Waals surface area contributed by atoms with E-state index in [1.165, 1.54) is 17.7 Å². The van der Waals surface area contributed by atoms with E-state index in [4.69, 9.17) is 0 Å². The summed E-state index contributed by atoms with van der Waals surface area (Å²) in [4.78, 5) is 17.2. The number of carbonyl (C=O) groups is 1. The Morgan fingerprint density at radius 2 is 1.86 bits per heavy atom. The van der Waals surface area contributed by atoms with E-state index in [1.807, 2.05) is 29.0 Å². The van der Waals surface area contributed by atoms with Crippen LogP contribution >= 0.6 is 0 Å². The van der Waals surface area contributed by atoms with E-state index in [0.29, 0.717) is 12.5 Å². The highest BCUT2D eigenvalue weighted by Crippen LogP contribution is 2.35. The minimum atomic E-state index is -0.256. The number of rotatable bonds is 3. The molecule has 2 aromatic carbocycles. The molecule has 4 nitrogen and oxygen atoms in total. The topological polar surface area (TPSA) is 35.6 Å². The van der Waals surface area contributed by atoms with Crippen LogP contribution in [0, 0.1) is 11.7 Å². The summed E-state index contributed by atoms with van der Waals surface area (Å²) in [5.41, 5.74) is 3.36. The highest BCUT2D eigenvalue weighted by molar-refractivity contribution is 5.76. The summed E-state index contributed by atoms with van der Waals surface area (Å²) in [6.45, 7) is 3.52. The Hall–Kier alpha value is -2.40. The molecule has 0 saturated carbocycles. The van der Waals surface area contributed by atoms with Crippen LogP contribution in [0.1, 0.15) is 35.6 Å². The van der Waals surface area contributed by atoms with Crippen molar-refractivity contribution in [1.29, 1.82) is 0 Å². The summed E-state index contributed by atoms with van der Waals surface area (Å²) in [5.74, 6) is 0.297. The van der Waals surface area contributed by atoms with Crippen molar-refractivity contribution in [3.63, 3.8) is 0 Å². The van der Waals surface area contributed by atoms with E-state index in [0.717, 1.165) is 50.0 Å². The Morgan fingerprint density at radius 3 is 2.61 bits per heavy atom. The Labute approximate surface area is 166 Å². The number of hydrogen-bond acceptors (Lipinski definition) is 2. The molecule has 0 unspecified atom stereocenters. The molecular weight excluding hydrogens is 353 g/mol. The smallest absolute Gasteiger partial charge is 0.320 e. The van der Waals surface area contributed by atoms with Gasteiger partial charge in [0, 0.05) is 20.1 Å². The molecule has 0 bridgehead atoms. The van der Waals surface area contributed by atoms with Crippen LogP contribution in [0.2, 0.25) is 0 Å². The summed E-state index contributed by atoms with van der Waals surface area (Å²) in [7, 11) is 1.91. The predicted molar refractivity (Wildman–Crippen MR) is 109 cm³/mol. The molecule has 2 aromatic rings. The van der Waals surface area contributed by atoms with E-state index in [9.17, 15) is 9.18 Å². The SMILES string of the molecule is CN(CC1CCNCC1)C(=O)N1CCc2ccccc2[C@H]1c1ccc(F)cc1. The average Bonchev–Trinajstić information content (AvgIpc) is 2.74. The van der Waals surface area contributed by atoms with Gasteiger partial charge < -0.3 is 15.1 Å². The molecule has 5 heteroatoms. The van der Waals surface area contributed by atoms with Crippen LogP contribution in [0.15, 0.2) is 48.5 Å². The van der Waals surface area contributed by atoms with Gasteiger partial charge in [-0.15, -0.1) is 0 Å². The molecule has 0 aromatic heterocycles. The van der Waals surface area contributed by atoms with Gasteiger partial charge in [-0.2, -0.15) is 0 Å². The number of urea groups is 1. The van der Waals surface area contributed by atoms with Gasteiger partial charge in [-0.1, -0.05) is 36.4 Å². The zero-order valence-electron chi connectivity index (χ0n) is 16.4. The molecule has 2 amide bonds. The molecule has 28 heavy (non-hydrogen) atoms. The standard InChI is InChI=1S/C23H28FN3O/c1-26(16-17-10-13-25-14-11-17)23(28)27-15-12-18-4-2-3-5-21(18)22(27)19-6-8-20(24)9-7-19/h2-9,17,22,25H,10-16H2,1H3/t22-/m1/s1. The van der Waals surface area contributed by atoms with Gasteiger partial charge in [0.2, 0.25) is 0 Å². The molecule has 0 spiro atoms. The van der Waals surface area contributed by atoms with Gasteiger partial charge in [-0.3, -0.25) is 0 Å². The second-order valence-electron chi connectivity index (χ2n) is 7.95. The Bertz CT molecular complexity index is 817. The zero-order valence-corrected chi connectivity index (χ0v) is 16.4. The quantitative estimate of drug-likeness (QED) is 0.877. The second kappa shape index (κ2) is 8.31. The molecule has 2 aliphatic rings. The first-order valence-electron chi connectivity index (χ1n) is 10.2. The van der Waals surface area contributed by atoms with E-state index < -0.39 is 0 Å². The molecule has 0 radical (unpaired) electrons. The summed E-state index contributed by atoms with van der Waals surface area (Å²) in [6.07, 6.45) is 3.07. The molecule has 4 rings (SSSR count). The van der Waals surface area contributed by atoms with Gasteiger partial charge >= 0.3 is 6.03 Å². The minimum Gasteiger partial charge on any atom is -0.327 e. The summed E-state index contributed by atoms with van der Waals surface area (Å²) >= 11 is 0. The van der Waals surface area contributed by atoms with E-state index >= 15 is 0 Å². The monoisotopic (exact) mass is 381 g/mol. The number of halogens is 1. The van der Waals surface area contributed by atoms with Crippen LogP contribution in [0.3, 0.4) is 0 Å². The highest BCUT2D eigenvalue weighted by atomic mass is 19.1. The molecular formula is C23H28FN3O. The fraction of sp³-hybridized carbons (Fsp3) is 0.435. The first-order chi connectivity index (χ1) is 13.6. The minimum absolute atomic E-state index is 0.0577. The summed E-state index contributed by atoms with van der Waals surface area (Å²) < 4.78 is 13.5. The maximum atomic E-state index is 13.5. The van der Waals surface area contributed by atoms with Gasteiger partial charge in [-0.25, -0.2) is 9.18 Å². The molecule has 2 heterocycles. The van der Waals surface area contributed by atoms with Crippen LogP contribution in [-0.4, -0.2) is 49.1 Å². The number of piperidine rings is 1. The maximum absolute atomic E-state index is 13.5. The van der Waals surface area contributed by atoms with Gasteiger partial charge in [0.25, 0.3) is 0 Å². The average molecular weight is 381 g/mol. The molecule has 148 valence electrons. The van der Waals surface area contributed by atoms with Crippen LogP contribution in [0.25, 0.3) is 0 Å². The fourth-order valence-electron chi connectivity index (χ4n) is 4.53. The van der Waals surface area contributed by atoms with Crippen LogP contribution in [-0.2, 0) is 6.42 Å². The van der Waals surface area contributed by atoms with Crippen LogP contribution in [0.5, 0.6) is 0 Å². The van der Waals surface area contributed by atoms with Gasteiger partial charge in [0.15, 0.2) is 0 Å². The lowest BCUT2D eigenvalue weighted by molar-refractivity contribution is 0.137. The molecule has 0 aliphatic carbocycles. The fourth-order valence-corrected chi connectivity index (χ4v) is 4.53. The van der Waals surface area contributed by atoms with Crippen LogP contribution < -0.4 is 5.32 Å². The van der Waals surface area contributed by atoms with Crippen molar-refractivity contribution < 1.29 is 9.18 Å². The maximum Gasteiger partial charge on any atom is 0.320 e. The third kappa shape index (κ3) is 3.90. The normalized spacial score (nSPS) is 19.9. The van der Waals surface area contributed by atoms with E-state index in [2.05, 4.69) is 17.4 Å². The number of nitrogens with zero attached hydrogens (tertiary/aromatic N) is 2. The lowest BCUT2D eigenvalue weighted by Gasteiger charge is -2.40. The van der Waals surface area contributed by atoms with E-state index in [-0.39, 0.29) is 17.9 Å². The van der Waals surface area contributed by atoms with Crippen molar-refractivity contribution in [2.75, 3.05) is 33.2 Å². The number of fused-ring (bicyclic) bond motifs is 1. The second-order valence-corrected chi connectivity index (χ2v) is 7.95. The number of carbonyl (C=O) groups excluding carboxylic acids is 1. The van der Waals surface area contributed by atoms with Gasteiger partial charge in [0.1, 0.15) is 5.82 Å². The molecule has 1 N–H and O–H groups in total. The molecule has 1 atom stereocenters. The van der Waals surface area contributed by atoms with Crippen LogP contribution in [0.4, 0.5) is 9.18 Å². The lowest BCUT2D eigenvalue weighted by atomic mass is 9.88. The predicted octanol–water partition coefficient (Wildman–Crippen LogP) is 3.82. The van der Waals surface area contributed by atoms with Crippen molar-refractivity contribution in [1.82, 2.24) is 15.1 Å². The number of hydrogen-bond donors (Lipinski definition) is 1. The van der Waals surface area contributed by atoms with E-state index in [1.54, 1.807) is 12.1 Å². The molecule has 2 aliphatic heterocycles. The van der Waals surface area contributed by atoms with Gasteiger partial charge in [0.05, 0.1) is 6.04 Å². The van der Waals surface area contributed by atoms with Crippen molar-refractivity contribution >= 4 is 6.03 Å². The number of amides is 2. The van der Waals surface area contributed by atoms with Crippen molar-refractivity contribution in [2.45, 2.75) is 25.3 Å². The number of nitrogens with one attached hydrogen (secondary N) is 1. The zero-order chi connectivity index (χ0) is 19.5. The first kappa shape index (κ1) is 18.9.